The third-order valence-corrected chi connectivity index (χ3v) is 3.91. The van der Waals surface area contributed by atoms with Crippen molar-refractivity contribution in [3.63, 3.8) is 0 Å². The fraction of sp³-hybridized carbons (Fsp3) is 0.571. The lowest BCUT2D eigenvalue weighted by atomic mass is 10.2. The highest BCUT2D eigenvalue weighted by atomic mass is 35.5. The van der Waals surface area contributed by atoms with Crippen LogP contribution in [0.4, 0.5) is 19.0 Å². The first-order valence-electron chi connectivity index (χ1n) is 7.26. The van der Waals surface area contributed by atoms with E-state index in [9.17, 15) is 18.0 Å². The number of carbonyl (C=O) groups is 1. The lowest BCUT2D eigenvalue weighted by molar-refractivity contribution is -0.137. The van der Waals surface area contributed by atoms with Gasteiger partial charge in [0.25, 0.3) is 0 Å². The Morgan fingerprint density at radius 3 is 2.91 bits per heavy atom. The number of hydrogen-bond acceptors (Lipinski definition) is 4. The first-order chi connectivity index (χ1) is 10.8. The van der Waals surface area contributed by atoms with Crippen LogP contribution in [-0.4, -0.2) is 48.0 Å². The van der Waals surface area contributed by atoms with Gasteiger partial charge in [-0.3, -0.25) is 4.79 Å². The number of halogens is 4. The molecule has 9 heteroatoms. The molecule has 0 saturated carbocycles. The van der Waals surface area contributed by atoms with Gasteiger partial charge in [-0.1, -0.05) is 11.6 Å². The van der Waals surface area contributed by atoms with E-state index < -0.39 is 11.7 Å². The maximum Gasteiger partial charge on any atom is 0.417 e. The third kappa shape index (κ3) is 4.71. The second-order valence-corrected chi connectivity index (χ2v) is 5.78. The molecule has 0 unspecified atom stereocenters. The molecule has 2 rings (SSSR count). The summed E-state index contributed by atoms with van der Waals surface area (Å²) in [6.07, 6.45) is -3.54. The molecular formula is C14H18ClF3N4O. The standard InChI is InChI=1S/C14H18ClF3N4O/c1-9-7-19-4-5-22(9)12(23)2-3-20-13-11(15)6-10(8-21-13)14(16,17)18/h6,8-9,19H,2-5,7H2,1H3,(H,20,21)/t9-/m1/s1. The molecule has 0 aliphatic carbocycles. The van der Waals surface area contributed by atoms with Gasteiger partial charge in [-0.25, -0.2) is 4.98 Å². The molecule has 2 heterocycles. The van der Waals surface area contributed by atoms with Crippen molar-refractivity contribution in [2.45, 2.75) is 25.6 Å². The lowest BCUT2D eigenvalue weighted by Gasteiger charge is -2.34. The normalized spacial score (nSPS) is 18.8. The highest BCUT2D eigenvalue weighted by molar-refractivity contribution is 6.32. The second-order valence-electron chi connectivity index (χ2n) is 5.37. The molecule has 1 aliphatic rings. The fourth-order valence-electron chi connectivity index (χ4n) is 2.37. The van der Waals surface area contributed by atoms with E-state index in [2.05, 4.69) is 15.6 Å². The van der Waals surface area contributed by atoms with Crippen LogP contribution >= 0.6 is 11.6 Å². The molecule has 0 bridgehead atoms. The van der Waals surface area contributed by atoms with Gasteiger partial charge in [-0.05, 0) is 13.0 Å². The number of anilines is 1. The van der Waals surface area contributed by atoms with E-state index in [0.29, 0.717) is 12.7 Å². The summed E-state index contributed by atoms with van der Waals surface area (Å²) in [5, 5.41) is 5.88. The van der Waals surface area contributed by atoms with Gasteiger partial charge in [0.2, 0.25) is 5.91 Å². The SMILES string of the molecule is C[C@@H]1CNCCN1C(=O)CCNc1ncc(C(F)(F)F)cc1Cl. The number of alkyl halides is 3. The minimum Gasteiger partial charge on any atom is -0.368 e. The highest BCUT2D eigenvalue weighted by Gasteiger charge is 2.31. The van der Waals surface area contributed by atoms with Crippen molar-refractivity contribution in [2.24, 2.45) is 0 Å². The average molecular weight is 351 g/mol. The molecule has 1 aliphatic heterocycles. The van der Waals surface area contributed by atoms with Crippen molar-refractivity contribution in [3.8, 4) is 0 Å². The van der Waals surface area contributed by atoms with Crippen LogP contribution in [-0.2, 0) is 11.0 Å². The molecule has 1 fully saturated rings. The smallest absolute Gasteiger partial charge is 0.368 e. The minimum absolute atomic E-state index is 0.00506. The molecule has 0 radical (unpaired) electrons. The number of rotatable bonds is 4. The van der Waals surface area contributed by atoms with Crippen LogP contribution in [0.2, 0.25) is 5.02 Å². The zero-order chi connectivity index (χ0) is 17.0. The van der Waals surface area contributed by atoms with Gasteiger partial charge in [-0.2, -0.15) is 13.2 Å². The Hall–Kier alpha value is -1.54. The first kappa shape index (κ1) is 17.8. The zero-order valence-corrected chi connectivity index (χ0v) is 13.3. The van der Waals surface area contributed by atoms with Gasteiger partial charge in [0, 0.05) is 44.8 Å². The molecule has 1 atom stereocenters. The number of aromatic nitrogens is 1. The number of pyridine rings is 1. The van der Waals surface area contributed by atoms with Crippen molar-refractivity contribution in [3.05, 3.63) is 22.8 Å². The van der Waals surface area contributed by atoms with E-state index in [1.807, 2.05) is 6.92 Å². The Labute approximate surface area is 137 Å². The van der Waals surface area contributed by atoms with Crippen LogP contribution in [0.3, 0.4) is 0 Å². The van der Waals surface area contributed by atoms with E-state index in [1.54, 1.807) is 4.90 Å². The number of nitrogens with zero attached hydrogens (tertiary/aromatic N) is 2. The Morgan fingerprint density at radius 2 is 2.30 bits per heavy atom. The maximum atomic E-state index is 12.5. The van der Waals surface area contributed by atoms with Gasteiger partial charge in [0.15, 0.2) is 0 Å². The predicted octanol–water partition coefficient (Wildman–Crippen LogP) is 2.38. The molecule has 23 heavy (non-hydrogen) atoms. The van der Waals surface area contributed by atoms with Crippen LogP contribution in [0, 0.1) is 0 Å². The largest absolute Gasteiger partial charge is 0.417 e. The molecule has 0 spiro atoms. The molecule has 128 valence electrons. The van der Waals surface area contributed by atoms with E-state index in [-0.39, 0.29) is 35.8 Å². The summed E-state index contributed by atoms with van der Waals surface area (Å²) in [5.41, 5.74) is -0.904. The van der Waals surface area contributed by atoms with Crippen LogP contribution in [0.15, 0.2) is 12.3 Å². The van der Waals surface area contributed by atoms with E-state index in [4.69, 9.17) is 11.6 Å². The highest BCUT2D eigenvalue weighted by Crippen LogP contribution is 2.32. The quantitative estimate of drug-likeness (QED) is 0.875. The summed E-state index contributed by atoms with van der Waals surface area (Å²) < 4.78 is 37.6. The minimum atomic E-state index is -4.48. The fourth-order valence-corrected chi connectivity index (χ4v) is 2.60. The van der Waals surface area contributed by atoms with Gasteiger partial charge >= 0.3 is 6.18 Å². The van der Waals surface area contributed by atoms with Crippen LogP contribution < -0.4 is 10.6 Å². The average Bonchev–Trinajstić information content (AvgIpc) is 2.48. The molecule has 5 nitrogen and oxygen atoms in total. The van der Waals surface area contributed by atoms with Crippen molar-refractivity contribution in [1.82, 2.24) is 15.2 Å². The Balaban J connectivity index is 1.87. The summed E-state index contributed by atoms with van der Waals surface area (Å²) in [7, 11) is 0. The monoisotopic (exact) mass is 350 g/mol. The van der Waals surface area contributed by atoms with E-state index in [1.165, 1.54) is 0 Å². The molecular weight excluding hydrogens is 333 g/mol. The third-order valence-electron chi connectivity index (χ3n) is 3.62. The number of piperazine rings is 1. The molecule has 1 amide bonds. The van der Waals surface area contributed by atoms with Crippen molar-refractivity contribution in [1.29, 1.82) is 0 Å². The Bertz CT molecular complexity index is 567. The van der Waals surface area contributed by atoms with Gasteiger partial charge in [0.1, 0.15) is 5.82 Å². The number of hydrogen-bond donors (Lipinski definition) is 2. The van der Waals surface area contributed by atoms with Gasteiger partial charge in [0.05, 0.1) is 10.6 Å². The molecule has 0 aromatic carbocycles. The van der Waals surface area contributed by atoms with Gasteiger partial charge in [-0.15, -0.1) is 0 Å². The molecule has 1 aromatic heterocycles. The summed E-state index contributed by atoms with van der Waals surface area (Å²) in [4.78, 5) is 17.6. The van der Waals surface area contributed by atoms with E-state index in [0.717, 1.165) is 19.2 Å². The Kier molecular flexibility index (Phi) is 5.69. The number of amides is 1. The predicted molar refractivity (Wildman–Crippen MR) is 81.4 cm³/mol. The van der Waals surface area contributed by atoms with Crippen molar-refractivity contribution >= 4 is 23.3 Å². The summed E-state index contributed by atoms with van der Waals surface area (Å²) in [6, 6.07) is 0.945. The van der Waals surface area contributed by atoms with Crippen LogP contribution in [0.5, 0.6) is 0 Å². The summed E-state index contributed by atoms with van der Waals surface area (Å²) >= 11 is 5.79. The molecule has 1 saturated heterocycles. The summed E-state index contributed by atoms with van der Waals surface area (Å²) in [6.45, 7) is 4.39. The van der Waals surface area contributed by atoms with Crippen molar-refractivity contribution < 1.29 is 18.0 Å². The Morgan fingerprint density at radius 1 is 1.57 bits per heavy atom. The number of nitrogens with one attached hydrogen (secondary N) is 2. The second kappa shape index (κ2) is 7.35. The topological polar surface area (TPSA) is 57.3 Å². The maximum absolute atomic E-state index is 12.5. The molecule has 1 aromatic rings. The zero-order valence-electron chi connectivity index (χ0n) is 12.6. The first-order valence-corrected chi connectivity index (χ1v) is 7.63. The van der Waals surface area contributed by atoms with Crippen LogP contribution in [0.1, 0.15) is 18.9 Å². The number of carbonyl (C=O) groups excluding carboxylic acids is 1. The molecule has 2 N–H and O–H groups in total. The lowest BCUT2D eigenvalue weighted by Crippen LogP contribution is -2.52. The van der Waals surface area contributed by atoms with Crippen molar-refractivity contribution in [2.75, 3.05) is 31.5 Å². The summed E-state index contributed by atoms with van der Waals surface area (Å²) in [5.74, 6) is 0.135. The van der Waals surface area contributed by atoms with E-state index >= 15 is 0 Å². The van der Waals surface area contributed by atoms with Gasteiger partial charge < -0.3 is 15.5 Å². The van der Waals surface area contributed by atoms with Crippen LogP contribution in [0.25, 0.3) is 0 Å².